The molecule has 0 aliphatic heterocycles. The van der Waals surface area contributed by atoms with Crippen LogP contribution in [0.4, 0.5) is 0 Å². The number of para-hydroxylation sites is 1. The van der Waals surface area contributed by atoms with Gasteiger partial charge < -0.3 is 4.98 Å². The molecule has 64 valence electrons. The van der Waals surface area contributed by atoms with Gasteiger partial charge in [-0.05, 0) is 24.2 Å². The summed E-state index contributed by atoms with van der Waals surface area (Å²) in [4.78, 5) is 4.17. The standard InChI is InChI=1S/C10H8N2S/c1-7-3-2-4-8-9(13-6-11)5-12-10(7)8/h2-5,12H,1H3. The van der Waals surface area contributed by atoms with Crippen molar-refractivity contribution in [1.82, 2.24) is 4.98 Å². The number of benzene rings is 1. The van der Waals surface area contributed by atoms with E-state index in [0.29, 0.717) is 0 Å². The molecule has 0 spiro atoms. The summed E-state index contributed by atoms with van der Waals surface area (Å²) in [5, 5.41) is 11.8. The topological polar surface area (TPSA) is 39.6 Å². The maximum absolute atomic E-state index is 8.57. The van der Waals surface area contributed by atoms with Gasteiger partial charge in [0.15, 0.2) is 0 Å². The Labute approximate surface area is 80.6 Å². The van der Waals surface area contributed by atoms with Crippen LogP contribution in [0.5, 0.6) is 0 Å². The number of nitriles is 1. The second kappa shape index (κ2) is 3.15. The van der Waals surface area contributed by atoms with Crippen LogP contribution in [0.25, 0.3) is 10.9 Å². The van der Waals surface area contributed by atoms with Crippen molar-refractivity contribution in [2.45, 2.75) is 11.8 Å². The largest absolute Gasteiger partial charge is 0.360 e. The summed E-state index contributed by atoms with van der Waals surface area (Å²) in [6.07, 6.45) is 1.88. The van der Waals surface area contributed by atoms with Crippen LogP contribution in [0.2, 0.25) is 0 Å². The summed E-state index contributed by atoms with van der Waals surface area (Å²) >= 11 is 1.19. The van der Waals surface area contributed by atoms with E-state index >= 15 is 0 Å². The molecule has 2 rings (SSSR count). The molecule has 0 aliphatic rings. The fourth-order valence-corrected chi connectivity index (χ4v) is 1.91. The average molecular weight is 188 g/mol. The fourth-order valence-electron chi connectivity index (χ4n) is 1.41. The number of fused-ring (bicyclic) bond motifs is 1. The molecule has 0 aliphatic carbocycles. The Morgan fingerprint density at radius 2 is 2.31 bits per heavy atom. The number of thiocyanates is 1. The van der Waals surface area contributed by atoms with E-state index in [-0.39, 0.29) is 0 Å². The first kappa shape index (κ1) is 8.21. The highest BCUT2D eigenvalue weighted by Gasteiger charge is 2.04. The molecule has 0 amide bonds. The summed E-state index contributed by atoms with van der Waals surface area (Å²) in [6.45, 7) is 2.06. The molecule has 0 fully saturated rings. The highest BCUT2D eigenvalue weighted by Crippen LogP contribution is 2.28. The number of nitrogens with zero attached hydrogens (tertiary/aromatic N) is 1. The third kappa shape index (κ3) is 1.30. The van der Waals surface area contributed by atoms with Crippen molar-refractivity contribution in [2.24, 2.45) is 0 Å². The second-order valence-electron chi connectivity index (χ2n) is 2.84. The first-order chi connectivity index (χ1) is 6.33. The summed E-state index contributed by atoms with van der Waals surface area (Å²) in [5.41, 5.74) is 2.34. The Morgan fingerprint density at radius 1 is 1.46 bits per heavy atom. The van der Waals surface area contributed by atoms with Crippen molar-refractivity contribution < 1.29 is 0 Å². The van der Waals surface area contributed by atoms with Crippen molar-refractivity contribution in [3.05, 3.63) is 30.0 Å². The van der Waals surface area contributed by atoms with Crippen LogP contribution in [-0.4, -0.2) is 4.98 Å². The van der Waals surface area contributed by atoms with Crippen LogP contribution in [0.3, 0.4) is 0 Å². The number of nitrogens with one attached hydrogen (secondary N) is 1. The third-order valence-electron chi connectivity index (χ3n) is 2.04. The predicted octanol–water partition coefficient (Wildman–Crippen LogP) is 3.05. The lowest BCUT2D eigenvalue weighted by Crippen LogP contribution is -1.73. The summed E-state index contributed by atoms with van der Waals surface area (Å²) in [6, 6.07) is 6.09. The van der Waals surface area contributed by atoms with Crippen LogP contribution in [0, 0.1) is 17.6 Å². The number of hydrogen-bond donors (Lipinski definition) is 1. The van der Waals surface area contributed by atoms with Crippen LogP contribution >= 0.6 is 11.8 Å². The lowest BCUT2D eigenvalue weighted by atomic mass is 10.2. The minimum absolute atomic E-state index is 1.00. The molecule has 0 atom stereocenters. The number of aromatic amines is 1. The molecule has 0 saturated carbocycles. The van der Waals surface area contributed by atoms with Crippen molar-refractivity contribution in [2.75, 3.05) is 0 Å². The predicted molar refractivity (Wildman–Crippen MR) is 54.5 cm³/mol. The molecular formula is C10H8N2S. The van der Waals surface area contributed by atoms with E-state index in [1.165, 1.54) is 17.3 Å². The van der Waals surface area contributed by atoms with Gasteiger partial charge in [-0.3, -0.25) is 0 Å². The number of rotatable bonds is 1. The molecule has 0 radical (unpaired) electrons. The Kier molecular flexibility index (Phi) is 1.99. The van der Waals surface area contributed by atoms with Crippen molar-refractivity contribution >= 4 is 22.7 Å². The SMILES string of the molecule is Cc1cccc2c(SC#N)c[nH]c12. The molecule has 0 saturated heterocycles. The molecule has 1 heterocycles. The first-order valence-corrected chi connectivity index (χ1v) is 4.77. The molecule has 3 heteroatoms. The maximum atomic E-state index is 8.57. The van der Waals surface area contributed by atoms with E-state index in [9.17, 15) is 0 Å². The Hall–Kier alpha value is -1.40. The zero-order chi connectivity index (χ0) is 9.26. The number of hydrogen-bond acceptors (Lipinski definition) is 2. The van der Waals surface area contributed by atoms with Gasteiger partial charge in [-0.2, -0.15) is 5.26 Å². The van der Waals surface area contributed by atoms with Crippen LogP contribution in [0.1, 0.15) is 5.56 Å². The van der Waals surface area contributed by atoms with Crippen molar-refractivity contribution in [1.29, 1.82) is 5.26 Å². The van der Waals surface area contributed by atoms with E-state index < -0.39 is 0 Å². The number of thioether (sulfide) groups is 1. The fraction of sp³-hybridized carbons (Fsp3) is 0.100. The molecule has 0 unspecified atom stereocenters. The van der Waals surface area contributed by atoms with Crippen LogP contribution in [-0.2, 0) is 0 Å². The molecule has 2 nitrogen and oxygen atoms in total. The molecule has 1 N–H and O–H groups in total. The van der Waals surface area contributed by atoms with Gasteiger partial charge in [0.25, 0.3) is 0 Å². The van der Waals surface area contributed by atoms with E-state index in [0.717, 1.165) is 15.8 Å². The summed E-state index contributed by atoms with van der Waals surface area (Å²) in [7, 11) is 0. The van der Waals surface area contributed by atoms with Gasteiger partial charge in [-0.1, -0.05) is 18.2 Å². The quantitative estimate of drug-likeness (QED) is 0.552. The highest BCUT2D eigenvalue weighted by atomic mass is 32.2. The smallest absolute Gasteiger partial charge is 0.138 e. The van der Waals surface area contributed by atoms with Gasteiger partial charge >= 0.3 is 0 Å². The molecule has 0 bridgehead atoms. The maximum Gasteiger partial charge on any atom is 0.138 e. The van der Waals surface area contributed by atoms with Gasteiger partial charge in [-0.25, -0.2) is 0 Å². The highest BCUT2D eigenvalue weighted by molar-refractivity contribution is 8.04. The zero-order valence-electron chi connectivity index (χ0n) is 7.16. The lowest BCUT2D eigenvalue weighted by Gasteiger charge is -1.94. The van der Waals surface area contributed by atoms with E-state index in [1.807, 2.05) is 18.3 Å². The van der Waals surface area contributed by atoms with Crippen molar-refractivity contribution in [3.63, 3.8) is 0 Å². The molecule has 2 aromatic rings. The summed E-state index contributed by atoms with van der Waals surface area (Å²) in [5.74, 6) is 0. The second-order valence-corrected chi connectivity index (χ2v) is 3.67. The van der Waals surface area contributed by atoms with Gasteiger partial charge in [0, 0.05) is 22.0 Å². The minimum atomic E-state index is 1.00. The van der Waals surface area contributed by atoms with Gasteiger partial charge in [-0.15, -0.1) is 0 Å². The van der Waals surface area contributed by atoms with E-state index in [1.54, 1.807) is 0 Å². The minimum Gasteiger partial charge on any atom is -0.360 e. The Morgan fingerprint density at radius 3 is 3.08 bits per heavy atom. The van der Waals surface area contributed by atoms with Crippen LogP contribution < -0.4 is 0 Å². The monoisotopic (exact) mass is 188 g/mol. The van der Waals surface area contributed by atoms with E-state index in [2.05, 4.69) is 23.4 Å². The van der Waals surface area contributed by atoms with Crippen molar-refractivity contribution in [3.8, 4) is 5.40 Å². The van der Waals surface area contributed by atoms with Crippen LogP contribution in [0.15, 0.2) is 29.3 Å². The van der Waals surface area contributed by atoms with Gasteiger partial charge in [0.05, 0.1) is 0 Å². The lowest BCUT2D eigenvalue weighted by molar-refractivity contribution is 1.39. The number of aromatic nitrogens is 1. The van der Waals surface area contributed by atoms with Gasteiger partial charge in [0.1, 0.15) is 5.40 Å². The summed E-state index contributed by atoms with van der Waals surface area (Å²) < 4.78 is 0. The zero-order valence-corrected chi connectivity index (χ0v) is 7.98. The molecule has 1 aromatic carbocycles. The van der Waals surface area contributed by atoms with Gasteiger partial charge in [0.2, 0.25) is 0 Å². The average Bonchev–Trinajstić information content (AvgIpc) is 2.51. The first-order valence-electron chi connectivity index (χ1n) is 3.95. The molecule has 1 aromatic heterocycles. The third-order valence-corrected chi connectivity index (χ3v) is 2.69. The Bertz CT molecular complexity index is 479. The number of aryl methyl sites for hydroxylation is 1. The number of H-pyrrole nitrogens is 1. The molecular weight excluding hydrogens is 180 g/mol. The normalized spacial score (nSPS) is 10.2. The molecule has 13 heavy (non-hydrogen) atoms. The van der Waals surface area contributed by atoms with E-state index in [4.69, 9.17) is 5.26 Å². The Balaban J connectivity index is 2.70.